The van der Waals surface area contributed by atoms with Crippen LogP contribution < -0.4 is 0 Å². The SMILES string of the molecule is Cc1cc(C)c(C2(C(=O)O)CC2)c(Br)c1. The predicted octanol–water partition coefficient (Wildman–Crippen LogP) is 3.18. The van der Waals surface area contributed by atoms with Gasteiger partial charge in [0.05, 0.1) is 5.41 Å². The highest BCUT2D eigenvalue weighted by Crippen LogP contribution is 2.52. The Balaban J connectivity index is 2.58. The lowest BCUT2D eigenvalue weighted by atomic mass is 9.91. The largest absolute Gasteiger partial charge is 0.481 e. The molecule has 0 atom stereocenters. The molecule has 3 heteroatoms. The highest BCUT2D eigenvalue weighted by molar-refractivity contribution is 9.10. The maximum absolute atomic E-state index is 11.3. The molecule has 0 spiro atoms. The molecule has 1 fully saturated rings. The first-order valence-corrected chi connectivity index (χ1v) is 5.77. The molecule has 0 heterocycles. The average molecular weight is 269 g/mol. The third-order valence-corrected chi connectivity index (χ3v) is 3.70. The van der Waals surface area contributed by atoms with Crippen molar-refractivity contribution in [2.24, 2.45) is 0 Å². The third-order valence-electron chi connectivity index (χ3n) is 3.07. The highest BCUT2D eigenvalue weighted by Gasteiger charge is 2.53. The molecule has 0 unspecified atom stereocenters. The standard InChI is InChI=1S/C12H13BrO2/c1-7-5-8(2)10(9(13)6-7)12(3-4-12)11(14)15/h5-6H,3-4H2,1-2H3,(H,14,15). The summed E-state index contributed by atoms with van der Waals surface area (Å²) >= 11 is 3.48. The highest BCUT2D eigenvalue weighted by atomic mass is 79.9. The fourth-order valence-corrected chi connectivity index (χ4v) is 3.27. The molecule has 2 rings (SSSR count). The molecular weight excluding hydrogens is 256 g/mol. The van der Waals surface area contributed by atoms with Crippen LogP contribution in [0.2, 0.25) is 0 Å². The van der Waals surface area contributed by atoms with Gasteiger partial charge in [0.15, 0.2) is 0 Å². The number of rotatable bonds is 2. The molecule has 80 valence electrons. The van der Waals surface area contributed by atoms with E-state index in [9.17, 15) is 9.90 Å². The van der Waals surface area contributed by atoms with Crippen molar-refractivity contribution in [3.8, 4) is 0 Å². The molecule has 1 aromatic rings. The van der Waals surface area contributed by atoms with Crippen LogP contribution >= 0.6 is 15.9 Å². The van der Waals surface area contributed by atoms with Crippen LogP contribution in [0.25, 0.3) is 0 Å². The maximum Gasteiger partial charge on any atom is 0.314 e. The maximum atomic E-state index is 11.3. The minimum atomic E-state index is -0.699. The molecule has 2 nitrogen and oxygen atoms in total. The fraction of sp³-hybridized carbons (Fsp3) is 0.417. The van der Waals surface area contributed by atoms with E-state index in [1.54, 1.807) is 0 Å². The number of halogens is 1. The molecule has 0 saturated heterocycles. The van der Waals surface area contributed by atoms with Crippen LogP contribution in [-0.4, -0.2) is 11.1 Å². The molecule has 0 aliphatic heterocycles. The summed E-state index contributed by atoms with van der Waals surface area (Å²) in [5, 5.41) is 9.25. The summed E-state index contributed by atoms with van der Waals surface area (Å²) in [5.74, 6) is -0.699. The van der Waals surface area contributed by atoms with Crippen molar-refractivity contribution >= 4 is 21.9 Å². The van der Waals surface area contributed by atoms with E-state index >= 15 is 0 Å². The second-order valence-electron chi connectivity index (χ2n) is 4.33. The first-order valence-electron chi connectivity index (χ1n) is 4.98. The van der Waals surface area contributed by atoms with Crippen LogP contribution in [-0.2, 0) is 10.2 Å². The summed E-state index contributed by atoms with van der Waals surface area (Å²) < 4.78 is 0.930. The van der Waals surface area contributed by atoms with E-state index in [4.69, 9.17) is 0 Å². The van der Waals surface area contributed by atoms with Crippen LogP contribution in [0.5, 0.6) is 0 Å². The zero-order valence-electron chi connectivity index (χ0n) is 8.80. The molecule has 1 aromatic carbocycles. The molecule has 0 aromatic heterocycles. The number of hydrogen-bond donors (Lipinski definition) is 1. The lowest BCUT2D eigenvalue weighted by molar-refractivity contribution is -0.140. The quantitative estimate of drug-likeness (QED) is 0.895. The van der Waals surface area contributed by atoms with Gasteiger partial charge in [-0.1, -0.05) is 22.0 Å². The molecule has 1 saturated carbocycles. The second kappa shape index (κ2) is 3.34. The van der Waals surface area contributed by atoms with E-state index in [-0.39, 0.29) is 0 Å². The van der Waals surface area contributed by atoms with Gasteiger partial charge in [0.25, 0.3) is 0 Å². The lowest BCUT2D eigenvalue weighted by Crippen LogP contribution is -2.21. The summed E-state index contributed by atoms with van der Waals surface area (Å²) in [6.07, 6.45) is 1.51. The Hall–Kier alpha value is -0.830. The summed E-state index contributed by atoms with van der Waals surface area (Å²) in [6, 6.07) is 4.04. The Morgan fingerprint density at radius 2 is 2.00 bits per heavy atom. The number of carbonyl (C=O) groups is 1. The van der Waals surface area contributed by atoms with E-state index in [1.165, 1.54) is 0 Å². The number of aryl methyl sites for hydroxylation is 2. The number of hydrogen-bond acceptors (Lipinski definition) is 1. The number of carboxylic acid groups (broad SMARTS) is 1. The Morgan fingerprint density at radius 1 is 1.40 bits per heavy atom. The smallest absolute Gasteiger partial charge is 0.314 e. The van der Waals surface area contributed by atoms with Crippen LogP contribution in [0.15, 0.2) is 16.6 Å². The Labute approximate surface area is 97.4 Å². The minimum Gasteiger partial charge on any atom is -0.481 e. The van der Waals surface area contributed by atoms with Crippen molar-refractivity contribution in [1.29, 1.82) is 0 Å². The Kier molecular flexibility index (Phi) is 2.38. The predicted molar refractivity (Wildman–Crippen MR) is 62.2 cm³/mol. The molecule has 1 aliphatic carbocycles. The Morgan fingerprint density at radius 3 is 2.40 bits per heavy atom. The van der Waals surface area contributed by atoms with Crippen LogP contribution in [0, 0.1) is 13.8 Å². The van der Waals surface area contributed by atoms with Gasteiger partial charge in [0, 0.05) is 4.47 Å². The molecule has 0 amide bonds. The van der Waals surface area contributed by atoms with E-state index in [1.807, 2.05) is 26.0 Å². The first-order chi connectivity index (χ1) is 6.97. The monoisotopic (exact) mass is 268 g/mol. The van der Waals surface area contributed by atoms with Gasteiger partial charge in [-0.2, -0.15) is 0 Å². The topological polar surface area (TPSA) is 37.3 Å². The summed E-state index contributed by atoms with van der Waals surface area (Å²) in [4.78, 5) is 11.3. The van der Waals surface area contributed by atoms with E-state index in [0.29, 0.717) is 0 Å². The van der Waals surface area contributed by atoms with Crippen LogP contribution in [0.3, 0.4) is 0 Å². The van der Waals surface area contributed by atoms with Gasteiger partial charge in [-0.3, -0.25) is 4.79 Å². The first kappa shape index (κ1) is 10.7. The fourth-order valence-electron chi connectivity index (χ4n) is 2.22. The van der Waals surface area contributed by atoms with E-state index in [0.717, 1.165) is 34.0 Å². The number of benzene rings is 1. The van der Waals surface area contributed by atoms with Gasteiger partial charge >= 0.3 is 5.97 Å². The van der Waals surface area contributed by atoms with Gasteiger partial charge in [0.2, 0.25) is 0 Å². The van der Waals surface area contributed by atoms with Crippen molar-refractivity contribution in [3.63, 3.8) is 0 Å². The molecule has 1 aliphatic rings. The minimum absolute atomic E-state index is 0.614. The molecule has 0 radical (unpaired) electrons. The molecule has 0 bridgehead atoms. The second-order valence-corrected chi connectivity index (χ2v) is 5.18. The molecule has 1 N–H and O–H groups in total. The van der Waals surface area contributed by atoms with E-state index < -0.39 is 11.4 Å². The lowest BCUT2D eigenvalue weighted by Gasteiger charge is -2.16. The van der Waals surface area contributed by atoms with Crippen molar-refractivity contribution in [3.05, 3.63) is 33.3 Å². The van der Waals surface area contributed by atoms with Crippen molar-refractivity contribution in [1.82, 2.24) is 0 Å². The van der Waals surface area contributed by atoms with Gasteiger partial charge in [-0.15, -0.1) is 0 Å². The zero-order chi connectivity index (χ0) is 11.2. The summed E-state index contributed by atoms with van der Waals surface area (Å²) in [6.45, 7) is 4.00. The van der Waals surface area contributed by atoms with E-state index in [2.05, 4.69) is 15.9 Å². The zero-order valence-corrected chi connectivity index (χ0v) is 10.4. The van der Waals surface area contributed by atoms with Crippen molar-refractivity contribution < 1.29 is 9.90 Å². The van der Waals surface area contributed by atoms with Crippen molar-refractivity contribution in [2.75, 3.05) is 0 Å². The van der Waals surface area contributed by atoms with Crippen molar-refractivity contribution in [2.45, 2.75) is 32.1 Å². The van der Waals surface area contributed by atoms with Crippen LogP contribution in [0.1, 0.15) is 29.5 Å². The molecular formula is C12H13BrO2. The van der Waals surface area contributed by atoms with Gasteiger partial charge in [0.1, 0.15) is 0 Å². The van der Waals surface area contributed by atoms with Crippen LogP contribution in [0.4, 0.5) is 0 Å². The Bertz CT molecular complexity index is 410. The van der Waals surface area contributed by atoms with Gasteiger partial charge in [-0.25, -0.2) is 0 Å². The number of carboxylic acids is 1. The normalized spacial score (nSPS) is 17.5. The summed E-state index contributed by atoms with van der Waals surface area (Å²) in [5.41, 5.74) is 2.57. The number of aliphatic carboxylic acids is 1. The van der Waals surface area contributed by atoms with Gasteiger partial charge in [-0.05, 0) is 49.4 Å². The molecule has 15 heavy (non-hydrogen) atoms. The average Bonchev–Trinajstić information content (AvgIpc) is 2.83. The third kappa shape index (κ3) is 1.59. The summed E-state index contributed by atoms with van der Waals surface area (Å²) in [7, 11) is 0. The van der Waals surface area contributed by atoms with Gasteiger partial charge < -0.3 is 5.11 Å².